The van der Waals surface area contributed by atoms with Crippen LogP contribution in [0.2, 0.25) is 0 Å². The lowest BCUT2D eigenvalue weighted by Gasteiger charge is -2.07. The summed E-state index contributed by atoms with van der Waals surface area (Å²) in [5.74, 6) is -0.238. The molecule has 2 nitrogen and oxygen atoms in total. The van der Waals surface area contributed by atoms with Crippen LogP contribution in [-0.2, 0) is 16.3 Å². The zero-order chi connectivity index (χ0) is 17.2. The second-order valence-electron chi connectivity index (χ2n) is 5.80. The van der Waals surface area contributed by atoms with Gasteiger partial charge < -0.3 is 0 Å². The van der Waals surface area contributed by atoms with Gasteiger partial charge in [-0.15, -0.1) is 0 Å². The van der Waals surface area contributed by atoms with Crippen molar-refractivity contribution in [3.05, 3.63) is 89.7 Å². The lowest BCUT2D eigenvalue weighted by molar-refractivity contribution is 0.602. The van der Waals surface area contributed by atoms with Crippen LogP contribution in [-0.4, -0.2) is 14.7 Å². The molecule has 122 valence electrons. The van der Waals surface area contributed by atoms with Crippen molar-refractivity contribution in [1.29, 1.82) is 0 Å². The molecule has 0 aliphatic rings. The van der Waals surface area contributed by atoms with Gasteiger partial charge in [0.2, 0.25) is 0 Å². The second kappa shape index (κ2) is 6.57. The maximum atomic E-state index is 13.0. The third-order valence-corrected chi connectivity index (χ3v) is 4.99. The van der Waals surface area contributed by atoms with E-state index in [0.717, 1.165) is 28.7 Å². The topological polar surface area (TPSA) is 34.1 Å². The monoisotopic (exact) mass is 340 g/mol. The summed E-state index contributed by atoms with van der Waals surface area (Å²) in [4.78, 5) is 0.314. The highest BCUT2D eigenvalue weighted by atomic mass is 32.2. The summed E-state index contributed by atoms with van der Waals surface area (Å²) >= 11 is 0. The number of rotatable bonds is 4. The Balaban J connectivity index is 1.86. The highest BCUT2D eigenvalue weighted by Gasteiger charge is 2.07. The minimum Gasteiger partial charge on any atom is -0.224 e. The minimum atomic E-state index is -3.18. The van der Waals surface area contributed by atoms with E-state index in [0.29, 0.717) is 4.90 Å². The van der Waals surface area contributed by atoms with Gasteiger partial charge in [0.05, 0.1) is 4.90 Å². The SMILES string of the molecule is CS(=O)(=O)c1ccc(-c2cccc(Cc3ccc(F)cc3)c2)cc1. The molecule has 0 spiro atoms. The van der Waals surface area contributed by atoms with E-state index in [9.17, 15) is 12.8 Å². The molecular formula is C20H17FO2S. The summed E-state index contributed by atoms with van der Waals surface area (Å²) in [5, 5.41) is 0. The largest absolute Gasteiger partial charge is 0.224 e. The minimum absolute atomic E-state index is 0.238. The van der Waals surface area contributed by atoms with Crippen molar-refractivity contribution < 1.29 is 12.8 Å². The van der Waals surface area contributed by atoms with Crippen LogP contribution in [0.3, 0.4) is 0 Å². The van der Waals surface area contributed by atoms with E-state index in [-0.39, 0.29) is 5.82 Å². The normalized spacial score (nSPS) is 11.4. The van der Waals surface area contributed by atoms with E-state index in [2.05, 4.69) is 6.07 Å². The van der Waals surface area contributed by atoms with Gasteiger partial charge >= 0.3 is 0 Å². The van der Waals surface area contributed by atoms with Crippen LogP contribution >= 0.6 is 0 Å². The number of halogens is 1. The molecule has 4 heteroatoms. The predicted octanol–water partition coefficient (Wildman–Crippen LogP) is 4.49. The van der Waals surface area contributed by atoms with Gasteiger partial charge in [-0.2, -0.15) is 0 Å². The molecule has 0 aliphatic carbocycles. The summed E-state index contributed by atoms with van der Waals surface area (Å²) in [5.41, 5.74) is 4.14. The molecule has 0 saturated heterocycles. The van der Waals surface area contributed by atoms with Crippen molar-refractivity contribution in [3.8, 4) is 11.1 Å². The molecular weight excluding hydrogens is 323 g/mol. The van der Waals surface area contributed by atoms with Crippen molar-refractivity contribution >= 4 is 9.84 Å². The summed E-state index contributed by atoms with van der Waals surface area (Å²) < 4.78 is 36.1. The lowest BCUT2D eigenvalue weighted by atomic mass is 9.99. The second-order valence-corrected chi connectivity index (χ2v) is 7.82. The van der Waals surface area contributed by atoms with Crippen molar-refractivity contribution in [2.45, 2.75) is 11.3 Å². The van der Waals surface area contributed by atoms with Crippen LogP contribution in [0.15, 0.2) is 77.7 Å². The zero-order valence-corrected chi connectivity index (χ0v) is 14.1. The van der Waals surface area contributed by atoms with Gasteiger partial charge in [0.25, 0.3) is 0 Å². The van der Waals surface area contributed by atoms with Crippen molar-refractivity contribution in [2.75, 3.05) is 6.26 Å². The average Bonchev–Trinajstić information content (AvgIpc) is 2.57. The Morgan fingerprint density at radius 1 is 0.792 bits per heavy atom. The van der Waals surface area contributed by atoms with Crippen LogP contribution in [0.25, 0.3) is 11.1 Å². The Bertz CT molecular complexity index is 944. The Hall–Kier alpha value is -2.46. The molecule has 0 aromatic heterocycles. The Morgan fingerprint density at radius 2 is 1.46 bits per heavy atom. The quantitative estimate of drug-likeness (QED) is 0.701. The molecule has 3 aromatic carbocycles. The zero-order valence-electron chi connectivity index (χ0n) is 13.2. The van der Waals surface area contributed by atoms with E-state index in [4.69, 9.17) is 0 Å². The fourth-order valence-electron chi connectivity index (χ4n) is 2.59. The number of benzene rings is 3. The standard InChI is InChI=1S/C20H17FO2S/c1-24(22,23)20-11-7-17(8-12-20)18-4-2-3-16(14-18)13-15-5-9-19(21)10-6-15/h2-12,14H,13H2,1H3. The van der Waals surface area contributed by atoms with Gasteiger partial charge in [-0.05, 0) is 52.9 Å². The predicted molar refractivity (Wildman–Crippen MR) is 94.2 cm³/mol. The Labute approximate surface area is 141 Å². The van der Waals surface area contributed by atoms with Gasteiger partial charge in [-0.1, -0.05) is 48.5 Å². The van der Waals surface area contributed by atoms with Crippen molar-refractivity contribution in [1.82, 2.24) is 0 Å². The molecule has 24 heavy (non-hydrogen) atoms. The van der Waals surface area contributed by atoms with Crippen molar-refractivity contribution in [3.63, 3.8) is 0 Å². The summed E-state index contributed by atoms with van der Waals surface area (Å²) in [7, 11) is -3.18. The molecule has 0 bridgehead atoms. The number of sulfone groups is 1. The molecule has 3 aromatic rings. The van der Waals surface area contributed by atoms with Gasteiger partial charge in [0, 0.05) is 6.26 Å². The van der Waals surface area contributed by atoms with Crippen LogP contribution < -0.4 is 0 Å². The first kappa shape index (κ1) is 16.4. The Morgan fingerprint density at radius 3 is 2.08 bits per heavy atom. The molecule has 0 aliphatic heterocycles. The fraction of sp³-hybridized carbons (Fsp3) is 0.100. The smallest absolute Gasteiger partial charge is 0.175 e. The molecule has 0 atom stereocenters. The first-order valence-electron chi connectivity index (χ1n) is 7.56. The molecule has 0 radical (unpaired) electrons. The van der Waals surface area contributed by atoms with E-state index < -0.39 is 9.84 Å². The molecule has 0 saturated carbocycles. The fourth-order valence-corrected chi connectivity index (χ4v) is 3.22. The van der Waals surface area contributed by atoms with E-state index in [1.807, 2.05) is 30.3 Å². The maximum absolute atomic E-state index is 13.0. The number of hydrogen-bond acceptors (Lipinski definition) is 2. The highest BCUT2D eigenvalue weighted by molar-refractivity contribution is 7.90. The van der Waals surface area contributed by atoms with Gasteiger partial charge in [0.1, 0.15) is 5.82 Å². The maximum Gasteiger partial charge on any atom is 0.175 e. The van der Waals surface area contributed by atoms with E-state index in [1.165, 1.54) is 18.4 Å². The summed E-state index contributed by atoms with van der Waals surface area (Å²) in [6, 6.07) is 21.4. The molecule has 0 heterocycles. The number of hydrogen-bond donors (Lipinski definition) is 0. The summed E-state index contributed by atoms with van der Waals surface area (Å²) in [6.07, 6.45) is 1.92. The van der Waals surface area contributed by atoms with Gasteiger partial charge in [0.15, 0.2) is 9.84 Å². The molecule has 0 fully saturated rings. The highest BCUT2D eigenvalue weighted by Crippen LogP contribution is 2.23. The Kier molecular flexibility index (Phi) is 4.49. The molecule has 0 N–H and O–H groups in total. The average molecular weight is 340 g/mol. The third-order valence-electron chi connectivity index (χ3n) is 3.86. The van der Waals surface area contributed by atoms with Crippen LogP contribution in [0.5, 0.6) is 0 Å². The van der Waals surface area contributed by atoms with E-state index in [1.54, 1.807) is 24.3 Å². The van der Waals surface area contributed by atoms with Crippen LogP contribution in [0.1, 0.15) is 11.1 Å². The van der Waals surface area contributed by atoms with E-state index >= 15 is 0 Å². The van der Waals surface area contributed by atoms with Gasteiger partial charge in [-0.25, -0.2) is 12.8 Å². The third kappa shape index (κ3) is 3.89. The van der Waals surface area contributed by atoms with Crippen molar-refractivity contribution in [2.24, 2.45) is 0 Å². The first-order chi connectivity index (χ1) is 11.4. The first-order valence-corrected chi connectivity index (χ1v) is 9.45. The summed E-state index contributed by atoms with van der Waals surface area (Å²) in [6.45, 7) is 0. The molecule has 0 amide bonds. The molecule has 3 rings (SSSR count). The van der Waals surface area contributed by atoms with Gasteiger partial charge in [-0.3, -0.25) is 0 Å². The lowest BCUT2D eigenvalue weighted by Crippen LogP contribution is -1.96. The van der Waals surface area contributed by atoms with Crippen LogP contribution in [0, 0.1) is 5.82 Å². The van der Waals surface area contributed by atoms with Crippen LogP contribution in [0.4, 0.5) is 4.39 Å². The molecule has 0 unspecified atom stereocenters.